The van der Waals surface area contributed by atoms with Crippen LogP contribution in [0.1, 0.15) is 12.1 Å². The maximum atomic E-state index is 13.4. The van der Waals surface area contributed by atoms with E-state index in [1.165, 1.54) is 12.3 Å². The number of hydrogen-bond donors (Lipinski definition) is 1. The zero-order chi connectivity index (χ0) is 15.4. The smallest absolute Gasteiger partial charge is 0.270 e. The van der Waals surface area contributed by atoms with Crippen LogP contribution in [0.25, 0.3) is 0 Å². The predicted molar refractivity (Wildman–Crippen MR) is 80.1 cm³/mol. The van der Waals surface area contributed by atoms with Crippen molar-refractivity contribution in [2.24, 2.45) is 5.92 Å². The Morgan fingerprint density at radius 1 is 1.36 bits per heavy atom. The minimum absolute atomic E-state index is 0.131. The van der Waals surface area contributed by atoms with Gasteiger partial charge in [0.2, 0.25) is 0 Å². The Kier molecular flexibility index (Phi) is 4.48. The highest BCUT2D eigenvalue weighted by Crippen LogP contribution is 2.21. The molecule has 1 aromatic carbocycles. The van der Waals surface area contributed by atoms with Crippen molar-refractivity contribution >= 4 is 0 Å². The first-order valence-corrected chi connectivity index (χ1v) is 7.34. The summed E-state index contributed by atoms with van der Waals surface area (Å²) in [4.78, 5) is 20.4. The van der Waals surface area contributed by atoms with E-state index < -0.39 is 0 Å². The molecule has 2 aromatic rings. The van der Waals surface area contributed by atoms with E-state index in [0.717, 1.165) is 19.5 Å². The SMILES string of the molecule is O=c1[nH]ccnc1CN1CC(CCOc2ccccc2F)C1. The van der Waals surface area contributed by atoms with Crippen LogP contribution in [0.2, 0.25) is 0 Å². The quantitative estimate of drug-likeness (QED) is 0.884. The molecule has 2 heterocycles. The fraction of sp³-hybridized carbons (Fsp3) is 0.375. The summed E-state index contributed by atoms with van der Waals surface area (Å²) in [5.74, 6) is 0.500. The van der Waals surface area contributed by atoms with Crippen molar-refractivity contribution in [1.29, 1.82) is 0 Å². The molecular formula is C16H18FN3O2. The summed E-state index contributed by atoms with van der Waals surface area (Å²) in [5.41, 5.74) is 0.414. The maximum absolute atomic E-state index is 13.4. The average molecular weight is 303 g/mol. The topological polar surface area (TPSA) is 58.2 Å². The molecule has 1 aliphatic heterocycles. The van der Waals surface area contributed by atoms with Gasteiger partial charge in [-0.25, -0.2) is 4.39 Å². The number of aromatic nitrogens is 2. The van der Waals surface area contributed by atoms with Gasteiger partial charge >= 0.3 is 0 Å². The lowest BCUT2D eigenvalue weighted by molar-refractivity contribution is 0.0732. The Labute approximate surface area is 127 Å². The van der Waals surface area contributed by atoms with Crippen LogP contribution in [0, 0.1) is 11.7 Å². The first kappa shape index (κ1) is 14.7. The number of nitrogens with zero attached hydrogens (tertiary/aromatic N) is 2. The summed E-state index contributed by atoms with van der Waals surface area (Å²) in [5, 5.41) is 0. The van der Waals surface area contributed by atoms with E-state index in [9.17, 15) is 9.18 Å². The molecule has 1 fully saturated rings. The summed E-state index contributed by atoms with van der Waals surface area (Å²) >= 11 is 0. The molecule has 0 unspecified atom stereocenters. The van der Waals surface area contributed by atoms with E-state index in [4.69, 9.17) is 4.74 Å². The fourth-order valence-corrected chi connectivity index (χ4v) is 2.59. The molecule has 0 radical (unpaired) electrons. The molecule has 6 heteroatoms. The number of likely N-dealkylation sites (tertiary alicyclic amines) is 1. The van der Waals surface area contributed by atoms with E-state index in [2.05, 4.69) is 14.9 Å². The van der Waals surface area contributed by atoms with Crippen LogP contribution in [0.4, 0.5) is 4.39 Å². The highest BCUT2D eigenvalue weighted by atomic mass is 19.1. The van der Waals surface area contributed by atoms with Crippen LogP contribution in [-0.2, 0) is 6.54 Å². The normalized spacial score (nSPS) is 15.5. The molecule has 1 aromatic heterocycles. The Bertz CT molecular complexity index is 683. The zero-order valence-electron chi connectivity index (χ0n) is 12.2. The number of ether oxygens (including phenoxy) is 1. The van der Waals surface area contributed by atoms with Gasteiger partial charge in [0, 0.05) is 32.0 Å². The van der Waals surface area contributed by atoms with Gasteiger partial charge in [0.25, 0.3) is 5.56 Å². The molecule has 0 aliphatic carbocycles. The van der Waals surface area contributed by atoms with Gasteiger partial charge in [0.1, 0.15) is 5.69 Å². The molecule has 0 amide bonds. The Hall–Kier alpha value is -2.21. The Morgan fingerprint density at radius 2 is 2.18 bits per heavy atom. The standard InChI is InChI=1S/C16H18FN3O2/c17-13-3-1-2-4-15(13)22-8-5-12-9-20(10-12)11-14-16(21)19-7-6-18-14/h1-4,6-7,12H,5,8-11H2,(H,19,21). The lowest BCUT2D eigenvalue weighted by Gasteiger charge is -2.38. The van der Waals surface area contributed by atoms with Crippen LogP contribution in [0.3, 0.4) is 0 Å². The summed E-state index contributed by atoms with van der Waals surface area (Å²) in [6.45, 7) is 2.90. The van der Waals surface area contributed by atoms with E-state index in [0.29, 0.717) is 30.5 Å². The predicted octanol–water partition coefficient (Wildman–Crippen LogP) is 1.81. The third-order valence-corrected chi connectivity index (χ3v) is 3.81. The maximum Gasteiger partial charge on any atom is 0.270 e. The molecule has 3 rings (SSSR count). The molecule has 116 valence electrons. The van der Waals surface area contributed by atoms with E-state index in [-0.39, 0.29) is 11.4 Å². The molecule has 0 spiro atoms. The van der Waals surface area contributed by atoms with E-state index >= 15 is 0 Å². The second kappa shape index (κ2) is 6.70. The molecule has 0 bridgehead atoms. The molecule has 1 saturated heterocycles. The third kappa shape index (κ3) is 3.51. The van der Waals surface area contributed by atoms with Gasteiger partial charge < -0.3 is 9.72 Å². The lowest BCUT2D eigenvalue weighted by atomic mass is 9.96. The van der Waals surface area contributed by atoms with Gasteiger partial charge in [-0.3, -0.25) is 14.7 Å². The first-order chi connectivity index (χ1) is 10.7. The second-order valence-corrected chi connectivity index (χ2v) is 5.49. The van der Waals surface area contributed by atoms with Crippen molar-refractivity contribution < 1.29 is 9.13 Å². The Morgan fingerprint density at radius 3 is 2.95 bits per heavy atom. The number of aromatic amines is 1. The largest absolute Gasteiger partial charge is 0.491 e. The van der Waals surface area contributed by atoms with Crippen molar-refractivity contribution in [1.82, 2.24) is 14.9 Å². The van der Waals surface area contributed by atoms with Gasteiger partial charge in [-0.05, 0) is 24.5 Å². The number of rotatable bonds is 6. The number of para-hydroxylation sites is 1. The van der Waals surface area contributed by atoms with Crippen molar-refractivity contribution in [3.8, 4) is 5.75 Å². The van der Waals surface area contributed by atoms with E-state index in [1.54, 1.807) is 24.4 Å². The monoisotopic (exact) mass is 303 g/mol. The molecule has 0 atom stereocenters. The second-order valence-electron chi connectivity index (χ2n) is 5.49. The first-order valence-electron chi connectivity index (χ1n) is 7.34. The van der Waals surface area contributed by atoms with Gasteiger partial charge in [-0.1, -0.05) is 12.1 Å². The molecule has 22 heavy (non-hydrogen) atoms. The number of nitrogens with one attached hydrogen (secondary N) is 1. The number of halogens is 1. The number of H-pyrrole nitrogens is 1. The average Bonchev–Trinajstić information content (AvgIpc) is 2.48. The third-order valence-electron chi connectivity index (χ3n) is 3.81. The van der Waals surface area contributed by atoms with Crippen molar-refractivity contribution in [3.05, 3.63) is 58.5 Å². The minimum atomic E-state index is -0.327. The zero-order valence-corrected chi connectivity index (χ0v) is 12.2. The van der Waals surface area contributed by atoms with Crippen molar-refractivity contribution in [2.45, 2.75) is 13.0 Å². The highest BCUT2D eigenvalue weighted by Gasteiger charge is 2.27. The lowest BCUT2D eigenvalue weighted by Crippen LogP contribution is -2.47. The summed E-state index contributed by atoms with van der Waals surface area (Å²) < 4.78 is 18.8. The molecule has 1 aliphatic rings. The van der Waals surface area contributed by atoms with Gasteiger partial charge in [-0.15, -0.1) is 0 Å². The van der Waals surface area contributed by atoms with Gasteiger partial charge in [-0.2, -0.15) is 0 Å². The van der Waals surface area contributed by atoms with E-state index in [1.807, 2.05) is 0 Å². The molecular weight excluding hydrogens is 285 g/mol. The van der Waals surface area contributed by atoms with Crippen LogP contribution >= 0.6 is 0 Å². The number of benzene rings is 1. The summed E-state index contributed by atoms with van der Waals surface area (Å²) in [7, 11) is 0. The van der Waals surface area contributed by atoms with Crippen LogP contribution in [0.5, 0.6) is 5.75 Å². The summed E-state index contributed by atoms with van der Waals surface area (Å²) in [6.07, 6.45) is 4.00. The molecule has 1 N–H and O–H groups in total. The van der Waals surface area contributed by atoms with Crippen LogP contribution < -0.4 is 10.3 Å². The van der Waals surface area contributed by atoms with Gasteiger partial charge in [0.15, 0.2) is 11.6 Å². The van der Waals surface area contributed by atoms with Gasteiger partial charge in [0.05, 0.1) is 6.61 Å². The number of hydrogen-bond acceptors (Lipinski definition) is 4. The fourth-order valence-electron chi connectivity index (χ4n) is 2.59. The van der Waals surface area contributed by atoms with Crippen LogP contribution in [-0.4, -0.2) is 34.6 Å². The molecule has 0 saturated carbocycles. The highest BCUT2D eigenvalue weighted by molar-refractivity contribution is 5.23. The van der Waals surface area contributed by atoms with Crippen molar-refractivity contribution in [2.75, 3.05) is 19.7 Å². The van der Waals surface area contributed by atoms with Crippen molar-refractivity contribution in [3.63, 3.8) is 0 Å². The molecule has 5 nitrogen and oxygen atoms in total. The van der Waals surface area contributed by atoms with Crippen LogP contribution in [0.15, 0.2) is 41.5 Å². The Balaban J connectivity index is 1.38. The summed E-state index contributed by atoms with van der Waals surface area (Å²) in [6, 6.07) is 6.43. The minimum Gasteiger partial charge on any atom is -0.491 e.